The van der Waals surface area contributed by atoms with E-state index in [4.69, 9.17) is 0 Å². The van der Waals surface area contributed by atoms with Crippen molar-refractivity contribution in [2.75, 3.05) is 0 Å². The number of hydrogen-bond acceptors (Lipinski definition) is 0. The third kappa shape index (κ3) is 2.84. The quantitative estimate of drug-likeness (QED) is 0.536. The van der Waals surface area contributed by atoms with Crippen molar-refractivity contribution in [2.24, 2.45) is 17.8 Å². The van der Waals surface area contributed by atoms with Crippen LogP contribution in [0.25, 0.3) is 0 Å². The van der Waals surface area contributed by atoms with E-state index >= 15 is 0 Å². The van der Waals surface area contributed by atoms with Gasteiger partial charge in [-0.2, -0.15) is 0 Å². The molecular weight excluding hydrogens is 132 g/mol. The molecule has 0 aromatic carbocycles. The smallest absolute Gasteiger partial charge is 0.0365 e. The highest BCUT2D eigenvalue weighted by Gasteiger charge is 2.23. The van der Waals surface area contributed by atoms with Crippen molar-refractivity contribution in [1.29, 1.82) is 0 Å². The maximum absolute atomic E-state index is 2.42. The molecule has 1 rings (SSSR count). The molecule has 0 radical (unpaired) electrons. The maximum Gasteiger partial charge on any atom is -0.0365 e. The molecule has 0 heteroatoms. The van der Waals surface area contributed by atoms with Gasteiger partial charge in [0.05, 0.1) is 0 Å². The first-order valence-corrected chi connectivity index (χ1v) is 4.72. The first-order chi connectivity index (χ1) is 4.72. The summed E-state index contributed by atoms with van der Waals surface area (Å²) >= 11 is 0. The molecule has 2 atom stereocenters. The van der Waals surface area contributed by atoms with E-state index in [0.717, 1.165) is 17.8 Å². The summed E-state index contributed by atoms with van der Waals surface area (Å²) in [6.07, 6.45) is 5.92. The van der Waals surface area contributed by atoms with Gasteiger partial charge in [0, 0.05) is 0 Å². The lowest BCUT2D eigenvalue weighted by molar-refractivity contribution is 0.196. The third-order valence-electron chi connectivity index (χ3n) is 3.03. The zero-order chi connectivity index (χ0) is 7.56. The van der Waals surface area contributed by atoms with Crippen LogP contribution in [0, 0.1) is 17.8 Å². The van der Waals surface area contributed by atoms with Gasteiger partial charge < -0.3 is 0 Å². The number of rotatable bonds is 1. The van der Waals surface area contributed by atoms with Crippen molar-refractivity contribution >= 4 is 0 Å². The average molecular weight is 156 g/mol. The van der Waals surface area contributed by atoms with E-state index in [1.165, 1.54) is 25.7 Å². The van der Waals surface area contributed by atoms with Gasteiger partial charge in [-0.3, -0.25) is 0 Å². The first kappa shape index (κ1) is 11.0. The van der Waals surface area contributed by atoms with Crippen molar-refractivity contribution < 1.29 is 0 Å². The summed E-state index contributed by atoms with van der Waals surface area (Å²) in [6.45, 7) is 7.16. The third-order valence-corrected chi connectivity index (χ3v) is 3.03. The van der Waals surface area contributed by atoms with Crippen LogP contribution in [-0.2, 0) is 0 Å². The Kier molecular flexibility index (Phi) is 4.79. The Labute approximate surface area is 72.4 Å². The largest absolute Gasteiger partial charge is 0.0776 e. The molecule has 1 aliphatic carbocycles. The van der Waals surface area contributed by atoms with Crippen LogP contribution in [0.3, 0.4) is 0 Å². The van der Waals surface area contributed by atoms with Crippen molar-refractivity contribution in [3.8, 4) is 0 Å². The predicted octanol–water partition coefficient (Wildman–Crippen LogP) is 4.10. The van der Waals surface area contributed by atoms with Gasteiger partial charge in [-0.1, -0.05) is 47.5 Å². The van der Waals surface area contributed by atoms with Crippen molar-refractivity contribution in [3.05, 3.63) is 0 Å². The molecule has 0 amide bonds. The first-order valence-electron chi connectivity index (χ1n) is 4.72. The van der Waals surface area contributed by atoms with Crippen LogP contribution < -0.4 is 0 Å². The fourth-order valence-corrected chi connectivity index (χ4v) is 2.34. The van der Waals surface area contributed by atoms with E-state index < -0.39 is 0 Å². The Morgan fingerprint density at radius 3 is 2.00 bits per heavy atom. The number of hydrogen-bond donors (Lipinski definition) is 0. The van der Waals surface area contributed by atoms with Gasteiger partial charge in [0.25, 0.3) is 0 Å². The highest BCUT2D eigenvalue weighted by molar-refractivity contribution is 4.74. The van der Waals surface area contributed by atoms with Crippen LogP contribution in [0.2, 0.25) is 0 Å². The Morgan fingerprint density at radius 2 is 1.64 bits per heavy atom. The molecule has 0 aromatic rings. The monoisotopic (exact) mass is 156 g/mol. The van der Waals surface area contributed by atoms with Gasteiger partial charge in [-0.25, -0.2) is 0 Å². The minimum atomic E-state index is 0. The summed E-state index contributed by atoms with van der Waals surface area (Å²) in [5.41, 5.74) is 0. The van der Waals surface area contributed by atoms with Crippen LogP contribution in [0.4, 0.5) is 0 Å². The summed E-state index contributed by atoms with van der Waals surface area (Å²) in [7, 11) is 0. The molecule has 0 N–H and O–H groups in total. The summed E-state index contributed by atoms with van der Waals surface area (Å²) in [5.74, 6) is 2.93. The van der Waals surface area contributed by atoms with Crippen molar-refractivity contribution in [2.45, 2.75) is 53.9 Å². The standard InChI is InChI=1S/C10H20.CH4/c1-8(2)10-7-5-4-6-9(10)3;/h8-10H,4-7H2,1-3H3;1H4. The lowest BCUT2D eigenvalue weighted by Gasteiger charge is -2.31. The highest BCUT2D eigenvalue weighted by Crippen LogP contribution is 2.34. The molecule has 2 unspecified atom stereocenters. The molecule has 0 spiro atoms. The van der Waals surface area contributed by atoms with Gasteiger partial charge in [-0.05, 0) is 24.2 Å². The molecular formula is C11H24. The molecule has 0 saturated heterocycles. The predicted molar refractivity (Wildman–Crippen MR) is 52.7 cm³/mol. The van der Waals surface area contributed by atoms with Crippen LogP contribution in [0.1, 0.15) is 53.9 Å². The summed E-state index contributed by atoms with van der Waals surface area (Å²) in [4.78, 5) is 0. The Hall–Kier alpha value is 0. The summed E-state index contributed by atoms with van der Waals surface area (Å²) in [5, 5.41) is 0. The molecule has 0 aromatic heterocycles. The fourth-order valence-electron chi connectivity index (χ4n) is 2.34. The van der Waals surface area contributed by atoms with E-state index in [1.807, 2.05) is 0 Å². The zero-order valence-corrected chi connectivity index (χ0v) is 7.56. The van der Waals surface area contributed by atoms with Crippen LogP contribution >= 0.6 is 0 Å². The molecule has 0 bridgehead atoms. The minimum absolute atomic E-state index is 0. The van der Waals surface area contributed by atoms with E-state index in [1.54, 1.807) is 0 Å². The molecule has 0 heterocycles. The molecule has 68 valence electrons. The van der Waals surface area contributed by atoms with Crippen molar-refractivity contribution in [1.82, 2.24) is 0 Å². The highest BCUT2D eigenvalue weighted by atomic mass is 14.3. The minimum Gasteiger partial charge on any atom is -0.0776 e. The fraction of sp³-hybridized carbons (Fsp3) is 1.00. The average Bonchev–Trinajstić information content (AvgIpc) is 1.88. The van der Waals surface area contributed by atoms with E-state index in [9.17, 15) is 0 Å². The van der Waals surface area contributed by atoms with Gasteiger partial charge in [0.15, 0.2) is 0 Å². The molecule has 0 nitrogen and oxygen atoms in total. The summed E-state index contributed by atoms with van der Waals surface area (Å²) in [6, 6.07) is 0. The Balaban J connectivity index is 0.000001000. The molecule has 1 aliphatic rings. The lowest BCUT2D eigenvalue weighted by Crippen LogP contribution is -2.21. The summed E-state index contributed by atoms with van der Waals surface area (Å²) < 4.78 is 0. The van der Waals surface area contributed by atoms with Gasteiger partial charge in [-0.15, -0.1) is 0 Å². The molecule has 1 saturated carbocycles. The van der Waals surface area contributed by atoms with Gasteiger partial charge in [0.1, 0.15) is 0 Å². The van der Waals surface area contributed by atoms with Crippen LogP contribution in [-0.4, -0.2) is 0 Å². The second kappa shape index (κ2) is 4.79. The molecule has 1 fully saturated rings. The van der Waals surface area contributed by atoms with E-state index in [2.05, 4.69) is 20.8 Å². The Morgan fingerprint density at radius 1 is 1.09 bits per heavy atom. The van der Waals surface area contributed by atoms with Gasteiger partial charge >= 0.3 is 0 Å². The van der Waals surface area contributed by atoms with Crippen LogP contribution in [0.5, 0.6) is 0 Å². The zero-order valence-electron chi connectivity index (χ0n) is 7.56. The maximum atomic E-state index is 2.42. The second-order valence-electron chi connectivity index (χ2n) is 4.17. The van der Waals surface area contributed by atoms with Crippen molar-refractivity contribution in [3.63, 3.8) is 0 Å². The molecule has 0 aliphatic heterocycles. The molecule has 11 heavy (non-hydrogen) atoms. The normalized spacial score (nSPS) is 31.6. The SMILES string of the molecule is C.CC(C)C1CCCCC1C. The Bertz CT molecular complexity index is 94.2. The lowest BCUT2D eigenvalue weighted by atomic mass is 9.75. The topological polar surface area (TPSA) is 0 Å². The van der Waals surface area contributed by atoms with E-state index in [0.29, 0.717) is 0 Å². The second-order valence-corrected chi connectivity index (χ2v) is 4.17. The van der Waals surface area contributed by atoms with Crippen LogP contribution in [0.15, 0.2) is 0 Å². The van der Waals surface area contributed by atoms with E-state index in [-0.39, 0.29) is 7.43 Å². The van der Waals surface area contributed by atoms with Gasteiger partial charge in [0.2, 0.25) is 0 Å².